The fourth-order valence-electron chi connectivity index (χ4n) is 3.37. The molecule has 0 bridgehead atoms. The molecule has 0 saturated heterocycles. The molecule has 0 saturated carbocycles. The van der Waals surface area contributed by atoms with Gasteiger partial charge in [0.2, 0.25) is 5.91 Å². The number of nitrogens with one attached hydrogen (secondary N) is 1. The highest BCUT2D eigenvalue weighted by Crippen LogP contribution is 2.38. The van der Waals surface area contributed by atoms with Gasteiger partial charge < -0.3 is 0 Å². The summed E-state index contributed by atoms with van der Waals surface area (Å²) < 4.78 is 41.1. The van der Waals surface area contributed by atoms with Crippen LogP contribution < -0.4 is 4.72 Å². The molecule has 0 aliphatic heterocycles. The molecule has 1 aliphatic carbocycles. The lowest BCUT2D eigenvalue weighted by molar-refractivity contribution is -0.118. The molecule has 0 radical (unpaired) electrons. The minimum atomic E-state index is -4.02. The number of allylic oxidation sites excluding steroid dienone is 2. The van der Waals surface area contributed by atoms with Gasteiger partial charge in [-0.15, -0.1) is 23.1 Å². The van der Waals surface area contributed by atoms with Crippen LogP contribution in [0.5, 0.6) is 0 Å². The molecule has 1 aliphatic rings. The van der Waals surface area contributed by atoms with Crippen LogP contribution in [0.25, 0.3) is 17.2 Å². The van der Waals surface area contributed by atoms with Crippen LogP contribution in [0.3, 0.4) is 0 Å². The monoisotopic (exact) mass is 505 g/mol. The van der Waals surface area contributed by atoms with E-state index in [2.05, 4.69) is 4.72 Å². The summed E-state index contributed by atoms with van der Waals surface area (Å²) in [6, 6.07) is 15.2. The van der Waals surface area contributed by atoms with E-state index in [1.54, 1.807) is 23.9 Å². The van der Waals surface area contributed by atoms with Crippen molar-refractivity contribution in [3.8, 4) is 0 Å². The fraction of sp³-hybridized carbons (Fsp3) is 0.0870. The average molecular weight is 506 g/mol. The molecular formula is C23H17ClFNO3S3. The Morgan fingerprint density at radius 3 is 2.53 bits per heavy atom. The summed E-state index contributed by atoms with van der Waals surface area (Å²) in [5.74, 6) is -1.14. The summed E-state index contributed by atoms with van der Waals surface area (Å²) in [5.41, 5.74) is 3.70. The molecule has 1 heterocycles. The number of carbonyl (C=O) groups excluding carboxylic acids is 1. The highest BCUT2D eigenvalue weighted by Gasteiger charge is 2.24. The normalized spacial score (nSPS) is 14.3. The minimum Gasteiger partial charge on any atom is -0.274 e. The minimum absolute atomic E-state index is 0.0445. The summed E-state index contributed by atoms with van der Waals surface area (Å²) in [5, 5.41) is 0. The molecule has 0 fully saturated rings. The van der Waals surface area contributed by atoms with Gasteiger partial charge in [0.1, 0.15) is 10.0 Å². The van der Waals surface area contributed by atoms with Crippen LogP contribution >= 0.6 is 34.7 Å². The second-order valence-electron chi connectivity index (χ2n) is 7.00. The van der Waals surface area contributed by atoms with Crippen LogP contribution in [0.4, 0.5) is 4.39 Å². The Morgan fingerprint density at radius 1 is 1.12 bits per heavy atom. The summed E-state index contributed by atoms with van der Waals surface area (Å²) in [6.07, 6.45) is 5.54. The van der Waals surface area contributed by atoms with Gasteiger partial charge in [-0.1, -0.05) is 29.8 Å². The Kier molecular flexibility index (Phi) is 6.57. The van der Waals surface area contributed by atoms with Gasteiger partial charge >= 0.3 is 0 Å². The summed E-state index contributed by atoms with van der Waals surface area (Å²) in [6.45, 7) is 0. The number of amides is 1. The van der Waals surface area contributed by atoms with Crippen LogP contribution in [0.2, 0.25) is 4.34 Å². The summed E-state index contributed by atoms with van der Waals surface area (Å²) >= 11 is 8.31. The van der Waals surface area contributed by atoms with E-state index in [0.29, 0.717) is 15.5 Å². The molecule has 4 nitrogen and oxygen atoms in total. The average Bonchev–Trinajstić information content (AvgIpc) is 3.32. The lowest BCUT2D eigenvalue weighted by Gasteiger charge is -2.07. The number of sulfonamides is 1. The first-order chi connectivity index (χ1) is 15.2. The Balaban J connectivity index is 1.61. The fourth-order valence-corrected chi connectivity index (χ4v) is 6.25. The van der Waals surface area contributed by atoms with Gasteiger partial charge in [-0.3, -0.25) is 4.79 Å². The zero-order valence-electron chi connectivity index (χ0n) is 16.8. The Hall–Kier alpha value is -2.39. The third-order valence-corrected chi connectivity index (χ3v) is 8.66. The van der Waals surface area contributed by atoms with Crippen molar-refractivity contribution >= 4 is 67.9 Å². The van der Waals surface area contributed by atoms with Crippen LogP contribution in [0.1, 0.15) is 23.1 Å². The molecule has 1 aromatic heterocycles. The zero-order chi connectivity index (χ0) is 22.9. The third kappa shape index (κ3) is 4.99. The maximum absolute atomic E-state index is 13.9. The van der Waals surface area contributed by atoms with Crippen LogP contribution in [0.15, 0.2) is 69.8 Å². The number of rotatable bonds is 6. The van der Waals surface area contributed by atoms with Crippen molar-refractivity contribution < 1.29 is 17.6 Å². The summed E-state index contributed by atoms with van der Waals surface area (Å²) in [4.78, 5) is 13.7. The van der Waals surface area contributed by atoms with Crippen molar-refractivity contribution in [1.82, 2.24) is 4.72 Å². The van der Waals surface area contributed by atoms with Gasteiger partial charge in [0.05, 0.1) is 10.8 Å². The molecular weight excluding hydrogens is 489 g/mol. The van der Waals surface area contributed by atoms with E-state index >= 15 is 0 Å². The van der Waals surface area contributed by atoms with Crippen LogP contribution in [0, 0.1) is 5.82 Å². The van der Waals surface area contributed by atoms with Crippen LogP contribution in [-0.4, -0.2) is 20.6 Å². The number of halogens is 2. The molecule has 1 amide bonds. The Bertz CT molecular complexity index is 1360. The highest BCUT2D eigenvalue weighted by atomic mass is 35.5. The van der Waals surface area contributed by atoms with Gasteiger partial charge in [0, 0.05) is 4.90 Å². The number of hydrogen-bond donors (Lipinski definition) is 1. The zero-order valence-corrected chi connectivity index (χ0v) is 20.0. The van der Waals surface area contributed by atoms with E-state index in [1.807, 2.05) is 36.6 Å². The van der Waals surface area contributed by atoms with E-state index in [1.165, 1.54) is 24.3 Å². The molecule has 164 valence electrons. The first kappa shape index (κ1) is 22.8. The summed E-state index contributed by atoms with van der Waals surface area (Å²) in [7, 11) is -4.02. The molecule has 0 unspecified atom stereocenters. The van der Waals surface area contributed by atoms with Crippen molar-refractivity contribution in [2.24, 2.45) is 0 Å². The SMILES string of the molecule is CSc1ccc(/C=C2\C=C(CC(=O)NS(=O)(=O)c3ccc(Cl)s3)c3cc(F)ccc32)cc1. The van der Waals surface area contributed by atoms with Gasteiger partial charge in [-0.2, -0.15) is 0 Å². The number of thioether (sulfide) groups is 1. The van der Waals surface area contributed by atoms with Crippen molar-refractivity contribution in [3.63, 3.8) is 0 Å². The number of benzene rings is 2. The van der Waals surface area contributed by atoms with Crippen LogP contribution in [-0.2, 0) is 14.8 Å². The lowest BCUT2D eigenvalue weighted by Crippen LogP contribution is -2.29. The largest absolute Gasteiger partial charge is 0.274 e. The molecule has 3 aromatic rings. The van der Waals surface area contributed by atoms with Crippen molar-refractivity contribution in [2.75, 3.05) is 6.26 Å². The number of carbonyl (C=O) groups is 1. The predicted molar refractivity (Wildman–Crippen MR) is 130 cm³/mol. The number of fused-ring (bicyclic) bond motifs is 1. The number of hydrogen-bond acceptors (Lipinski definition) is 5. The van der Waals surface area contributed by atoms with Gasteiger partial charge in [0.25, 0.3) is 10.0 Å². The topological polar surface area (TPSA) is 63.2 Å². The predicted octanol–water partition coefficient (Wildman–Crippen LogP) is 6.10. The van der Waals surface area contributed by atoms with Crippen molar-refractivity contribution in [3.05, 3.63) is 87.5 Å². The first-order valence-electron chi connectivity index (χ1n) is 9.43. The van der Waals surface area contributed by atoms with E-state index in [0.717, 1.165) is 32.9 Å². The smallest absolute Gasteiger partial charge is 0.273 e. The quantitative estimate of drug-likeness (QED) is 0.411. The molecule has 1 N–H and O–H groups in total. The van der Waals surface area contributed by atoms with Gasteiger partial charge in [0.15, 0.2) is 0 Å². The Labute approximate surface area is 198 Å². The van der Waals surface area contributed by atoms with E-state index in [-0.39, 0.29) is 10.6 Å². The maximum Gasteiger partial charge on any atom is 0.273 e. The molecule has 9 heteroatoms. The van der Waals surface area contributed by atoms with Crippen molar-refractivity contribution in [1.29, 1.82) is 0 Å². The van der Waals surface area contributed by atoms with Gasteiger partial charge in [-0.05, 0) is 82.6 Å². The standard InChI is InChI=1S/C23H17ClFNO3S3/c1-30-18-5-2-14(3-6-18)10-15-11-16(20-13-17(25)4-7-19(15)20)12-22(27)26-32(28,29)23-9-8-21(24)31-23/h2-11,13H,12H2,1H3,(H,26,27)/b15-10+. The molecule has 4 rings (SSSR count). The molecule has 2 aromatic carbocycles. The Morgan fingerprint density at radius 2 is 1.88 bits per heavy atom. The maximum atomic E-state index is 13.9. The van der Waals surface area contributed by atoms with E-state index in [9.17, 15) is 17.6 Å². The third-order valence-electron chi connectivity index (χ3n) is 4.82. The number of thiophene rings is 1. The second kappa shape index (κ2) is 9.23. The first-order valence-corrected chi connectivity index (χ1v) is 13.3. The molecule has 0 spiro atoms. The van der Waals surface area contributed by atoms with Gasteiger partial charge in [-0.25, -0.2) is 17.5 Å². The highest BCUT2D eigenvalue weighted by molar-refractivity contribution is 7.98. The lowest BCUT2D eigenvalue weighted by atomic mass is 10.0. The second-order valence-corrected chi connectivity index (χ2v) is 11.5. The molecule has 0 atom stereocenters. The van der Waals surface area contributed by atoms with E-state index in [4.69, 9.17) is 11.6 Å². The van der Waals surface area contributed by atoms with Crippen molar-refractivity contribution in [2.45, 2.75) is 15.5 Å². The molecule has 32 heavy (non-hydrogen) atoms. The van der Waals surface area contributed by atoms with E-state index < -0.39 is 21.7 Å².